The molecule has 0 bridgehead atoms. The summed E-state index contributed by atoms with van der Waals surface area (Å²) in [5.74, 6) is 0.588. The molecule has 1 aliphatic rings. The predicted molar refractivity (Wildman–Crippen MR) is 98.1 cm³/mol. The number of hydrogen-bond donors (Lipinski definition) is 1. The third-order valence-corrected chi connectivity index (χ3v) is 5.36. The molecule has 1 aliphatic heterocycles. The molecule has 1 saturated heterocycles. The van der Waals surface area contributed by atoms with Crippen LogP contribution in [0.4, 0.5) is 8.78 Å². The van der Waals surface area contributed by atoms with Crippen LogP contribution in [0.2, 0.25) is 0 Å². The molecule has 4 rings (SSSR count). The minimum absolute atomic E-state index is 0.0239. The smallest absolute Gasteiger partial charge is 0.320 e. The van der Waals surface area contributed by atoms with Crippen molar-refractivity contribution in [3.8, 4) is 0 Å². The van der Waals surface area contributed by atoms with Gasteiger partial charge in [-0.05, 0) is 24.6 Å². The minimum Gasteiger partial charge on any atom is -0.326 e. The fraction of sp³-hybridized carbons (Fsp3) is 0.350. The first-order valence-corrected chi connectivity index (χ1v) is 8.86. The van der Waals surface area contributed by atoms with Gasteiger partial charge >= 0.3 is 6.55 Å². The Morgan fingerprint density at radius 1 is 1.04 bits per heavy atom. The maximum atomic E-state index is 13.7. The molecule has 0 radical (unpaired) electrons. The molecule has 2 N–H and O–H groups in total. The van der Waals surface area contributed by atoms with Crippen molar-refractivity contribution in [2.75, 3.05) is 13.1 Å². The van der Waals surface area contributed by atoms with Crippen LogP contribution in [-0.2, 0) is 0 Å². The number of halogens is 2. The Bertz CT molecular complexity index is 893. The number of alkyl halides is 2. The number of likely N-dealkylation sites (tertiary alicyclic amines) is 1. The molecule has 3 aromatic rings. The van der Waals surface area contributed by atoms with Crippen LogP contribution in [0.15, 0.2) is 54.6 Å². The van der Waals surface area contributed by atoms with E-state index in [1.807, 2.05) is 31.2 Å². The first-order chi connectivity index (χ1) is 12.6. The van der Waals surface area contributed by atoms with Crippen LogP contribution in [0.25, 0.3) is 11.0 Å². The number of nitrogens with two attached hydrogens (primary N) is 1. The van der Waals surface area contributed by atoms with E-state index < -0.39 is 6.55 Å². The largest absolute Gasteiger partial charge is 0.326 e. The van der Waals surface area contributed by atoms with Gasteiger partial charge in [-0.15, -0.1) is 0 Å². The molecule has 0 amide bonds. The van der Waals surface area contributed by atoms with Gasteiger partial charge in [-0.25, -0.2) is 4.98 Å². The molecule has 0 saturated carbocycles. The average Bonchev–Trinajstić information content (AvgIpc) is 3.22. The summed E-state index contributed by atoms with van der Waals surface area (Å²) in [4.78, 5) is 6.66. The Morgan fingerprint density at radius 3 is 2.46 bits per heavy atom. The molecule has 2 aromatic carbocycles. The zero-order chi connectivity index (χ0) is 18.3. The maximum Gasteiger partial charge on any atom is 0.320 e. The van der Waals surface area contributed by atoms with Crippen molar-refractivity contribution in [1.29, 1.82) is 0 Å². The van der Waals surface area contributed by atoms with E-state index in [4.69, 9.17) is 5.73 Å². The molecule has 0 spiro atoms. The Hall–Kier alpha value is -2.31. The molecule has 2 heterocycles. The van der Waals surface area contributed by atoms with Gasteiger partial charge in [0.1, 0.15) is 5.82 Å². The number of imidazole rings is 1. The summed E-state index contributed by atoms with van der Waals surface area (Å²) in [7, 11) is 0. The van der Waals surface area contributed by atoms with Gasteiger partial charge in [-0.1, -0.05) is 42.5 Å². The van der Waals surface area contributed by atoms with Gasteiger partial charge in [0.2, 0.25) is 0 Å². The van der Waals surface area contributed by atoms with Gasteiger partial charge in [-0.3, -0.25) is 9.47 Å². The molecular weight excluding hydrogens is 334 g/mol. The number of para-hydroxylation sites is 2. The number of fused-ring (bicyclic) bond motifs is 1. The van der Waals surface area contributed by atoms with Crippen LogP contribution in [0.1, 0.15) is 36.8 Å². The van der Waals surface area contributed by atoms with Gasteiger partial charge in [-0.2, -0.15) is 8.78 Å². The molecule has 1 aromatic heterocycles. The molecule has 0 aliphatic carbocycles. The quantitative estimate of drug-likeness (QED) is 0.771. The summed E-state index contributed by atoms with van der Waals surface area (Å²) in [6, 6.07) is 16.9. The predicted octanol–water partition coefficient (Wildman–Crippen LogP) is 3.92. The van der Waals surface area contributed by atoms with Crippen LogP contribution < -0.4 is 5.73 Å². The first kappa shape index (κ1) is 17.1. The fourth-order valence-corrected chi connectivity index (χ4v) is 3.96. The fourth-order valence-electron chi connectivity index (χ4n) is 3.96. The number of aromatic nitrogens is 2. The zero-order valence-electron chi connectivity index (χ0n) is 14.6. The van der Waals surface area contributed by atoms with E-state index in [0.717, 1.165) is 11.1 Å². The second-order valence-corrected chi connectivity index (χ2v) is 6.92. The van der Waals surface area contributed by atoms with E-state index in [0.29, 0.717) is 23.4 Å². The summed E-state index contributed by atoms with van der Waals surface area (Å²) < 4.78 is 28.5. The highest BCUT2D eigenvalue weighted by molar-refractivity contribution is 5.76. The maximum absolute atomic E-state index is 13.7. The third kappa shape index (κ3) is 2.89. The summed E-state index contributed by atoms with van der Waals surface area (Å²) in [5, 5.41) is 0. The standard InChI is InChI=1S/C20H22F2N4/c1-13(19-24-17-9-5-6-10-18(17)26(19)20(21)22)25-11-15(16(23)12-25)14-7-3-2-4-8-14/h2-10,13,15-16,20H,11-12,23H2,1H3/t13?,15-,16+/m0/s1. The summed E-state index contributed by atoms with van der Waals surface area (Å²) in [6.45, 7) is 0.702. The highest BCUT2D eigenvalue weighted by atomic mass is 19.3. The van der Waals surface area contributed by atoms with Crippen molar-refractivity contribution in [2.24, 2.45) is 5.73 Å². The van der Waals surface area contributed by atoms with Crippen molar-refractivity contribution in [3.05, 3.63) is 66.0 Å². The Balaban J connectivity index is 1.65. The van der Waals surface area contributed by atoms with Gasteiger partial charge in [0.05, 0.1) is 17.1 Å². The summed E-state index contributed by atoms with van der Waals surface area (Å²) >= 11 is 0. The number of rotatable bonds is 4. The highest BCUT2D eigenvalue weighted by Crippen LogP contribution is 2.34. The van der Waals surface area contributed by atoms with Crippen molar-refractivity contribution >= 4 is 11.0 Å². The van der Waals surface area contributed by atoms with Gasteiger partial charge in [0.25, 0.3) is 0 Å². The Kier molecular flexibility index (Phi) is 4.46. The lowest BCUT2D eigenvalue weighted by Crippen LogP contribution is -2.31. The highest BCUT2D eigenvalue weighted by Gasteiger charge is 2.36. The van der Waals surface area contributed by atoms with Crippen LogP contribution in [0.5, 0.6) is 0 Å². The lowest BCUT2D eigenvalue weighted by molar-refractivity contribution is 0.0658. The lowest BCUT2D eigenvalue weighted by atomic mass is 9.95. The molecule has 1 fully saturated rings. The van der Waals surface area contributed by atoms with Crippen molar-refractivity contribution < 1.29 is 8.78 Å². The number of benzene rings is 2. The summed E-state index contributed by atoms with van der Waals surface area (Å²) in [6.07, 6.45) is 0. The van der Waals surface area contributed by atoms with E-state index >= 15 is 0 Å². The molecule has 136 valence electrons. The second-order valence-electron chi connectivity index (χ2n) is 6.92. The molecule has 4 nitrogen and oxygen atoms in total. The van der Waals surface area contributed by atoms with Crippen LogP contribution >= 0.6 is 0 Å². The van der Waals surface area contributed by atoms with Crippen LogP contribution in [0, 0.1) is 0 Å². The lowest BCUT2D eigenvalue weighted by Gasteiger charge is -2.24. The average molecular weight is 356 g/mol. The number of nitrogens with zero attached hydrogens (tertiary/aromatic N) is 3. The van der Waals surface area contributed by atoms with E-state index in [1.54, 1.807) is 18.2 Å². The first-order valence-electron chi connectivity index (χ1n) is 8.86. The zero-order valence-corrected chi connectivity index (χ0v) is 14.6. The van der Waals surface area contributed by atoms with Crippen molar-refractivity contribution in [2.45, 2.75) is 31.5 Å². The normalized spacial score (nSPS) is 22.3. The molecule has 3 atom stereocenters. The minimum atomic E-state index is -2.62. The number of hydrogen-bond acceptors (Lipinski definition) is 3. The van der Waals surface area contributed by atoms with E-state index in [-0.39, 0.29) is 18.0 Å². The topological polar surface area (TPSA) is 47.1 Å². The van der Waals surface area contributed by atoms with E-state index in [2.05, 4.69) is 22.0 Å². The van der Waals surface area contributed by atoms with Crippen molar-refractivity contribution in [3.63, 3.8) is 0 Å². The molecule has 26 heavy (non-hydrogen) atoms. The SMILES string of the molecule is CC(c1nc2ccccc2n1C(F)F)N1C[C@@H](N)[C@H](c2ccccc2)C1. The van der Waals surface area contributed by atoms with Gasteiger partial charge < -0.3 is 5.73 Å². The van der Waals surface area contributed by atoms with Crippen molar-refractivity contribution in [1.82, 2.24) is 14.5 Å². The Labute approximate surface area is 151 Å². The molecular formula is C20H22F2N4. The Morgan fingerprint density at radius 2 is 1.73 bits per heavy atom. The second kappa shape index (κ2) is 6.78. The van der Waals surface area contributed by atoms with Gasteiger partial charge in [0.15, 0.2) is 0 Å². The van der Waals surface area contributed by atoms with Gasteiger partial charge in [0, 0.05) is 25.0 Å². The third-order valence-electron chi connectivity index (χ3n) is 5.36. The molecule has 1 unspecified atom stereocenters. The summed E-state index contributed by atoms with van der Waals surface area (Å²) in [5.41, 5.74) is 8.63. The van der Waals surface area contributed by atoms with E-state index in [1.165, 1.54) is 5.56 Å². The monoisotopic (exact) mass is 356 g/mol. The molecule has 6 heteroatoms. The van der Waals surface area contributed by atoms with Crippen LogP contribution in [-0.4, -0.2) is 33.6 Å². The van der Waals surface area contributed by atoms with Crippen LogP contribution in [0.3, 0.4) is 0 Å². The van der Waals surface area contributed by atoms with E-state index in [9.17, 15) is 8.78 Å².